The molecule has 0 saturated carbocycles. The number of rotatable bonds is 39. The molecule has 16 heteroatoms. The molecule has 0 saturated heterocycles. The van der Waals surface area contributed by atoms with Gasteiger partial charge in [0.2, 0.25) is 0 Å². The van der Waals surface area contributed by atoms with Gasteiger partial charge in [-0.3, -0.25) is 28.8 Å². The maximum absolute atomic E-state index is 12.4. The predicted molar refractivity (Wildman–Crippen MR) is 251 cm³/mol. The molecular weight excluding hydrogens is 853 g/mol. The molecule has 0 radical (unpaired) electrons. The van der Waals surface area contributed by atoms with Crippen LogP contribution in [0.5, 0.6) is 11.5 Å². The molecule has 0 spiro atoms. The van der Waals surface area contributed by atoms with Crippen LogP contribution in [0, 0.1) is 0 Å². The van der Waals surface area contributed by atoms with Gasteiger partial charge in [-0.15, -0.1) is 0 Å². The highest BCUT2D eigenvalue weighted by Gasteiger charge is 2.19. The van der Waals surface area contributed by atoms with E-state index in [0.717, 1.165) is 77.0 Å². The summed E-state index contributed by atoms with van der Waals surface area (Å²) in [6, 6.07) is 14.3. The molecule has 0 bridgehead atoms. The van der Waals surface area contributed by atoms with Crippen LogP contribution in [0.1, 0.15) is 130 Å². The number of ether oxygens (including phenoxy) is 8. The molecule has 0 fully saturated rings. The number of esters is 6. The minimum absolute atomic E-state index is 0.00231. The number of anilines is 2. The topological polar surface area (TPSA) is 183 Å². The van der Waals surface area contributed by atoms with Gasteiger partial charge in [-0.05, 0) is 113 Å². The molecule has 16 nitrogen and oxygen atoms in total. The molecule has 0 aliphatic heterocycles. The first kappa shape index (κ1) is 56.6. The zero-order valence-corrected chi connectivity index (χ0v) is 40.0. The lowest BCUT2D eigenvalue weighted by Crippen LogP contribution is -2.36. The standard InChI is InChI=1S/C50H76N2O14/c1-5-9-29-61-47(55)37-51(38-48(56)62-30-10-6-2)41-21-25-43(26-22-41)59-33-17-13-15-19-45(53)65-35-36-66-46(54)20-16-14-18-34-60-44-27-23-42(24-28-44)52(39-49(57)63-31-11-7-3)40-50(58)64-32-12-8-4/h21-28H,5-20,29-40H2,1-4H3. The highest BCUT2D eigenvalue weighted by atomic mass is 16.6. The lowest BCUT2D eigenvalue weighted by molar-refractivity contribution is -0.152. The molecule has 2 aromatic carbocycles. The van der Waals surface area contributed by atoms with Crippen LogP contribution in [0.25, 0.3) is 0 Å². The Morgan fingerprint density at radius 1 is 0.333 bits per heavy atom. The van der Waals surface area contributed by atoms with E-state index < -0.39 is 23.9 Å². The first-order valence-electron chi connectivity index (χ1n) is 24.0. The number of hydrogen-bond acceptors (Lipinski definition) is 16. The number of carbonyl (C=O) groups excluding carboxylic acids is 6. The summed E-state index contributed by atoms with van der Waals surface area (Å²) in [6.07, 6.45) is 11.4. The summed E-state index contributed by atoms with van der Waals surface area (Å²) >= 11 is 0. The van der Waals surface area contributed by atoms with Crippen LogP contribution in [-0.4, -0.2) is 115 Å². The van der Waals surface area contributed by atoms with E-state index >= 15 is 0 Å². The molecule has 66 heavy (non-hydrogen) atoms. The van der Waals surface area contributed by atoms with E-state index in [1.807, 2.05) is 27.7 Å². The number of nitrogens with zero attached hydrogens (tertiary/aromatic N) is 2. The Balaban J connectivity index is 1.58. The van der Waals surface area contributed by atoms with Gasteiger partial charge < -0.3 is 47.7 Å². The maximum atomic E-state index is 12.4. The van der Waals surface area contributed by atoms with Gasteiger partial charge >= 0.3 is 35.8 Å². The van der Waals surface area contributed by atoms with Gasteiger partial charge in [0.05, 0.1) is 39.6 Å². The quantitative estimate of drug-likeness (QED) is 0.0354. The fraction of sp³-hybridized carbons (Fsp3) is 0.640. The van der Waals surface area contributed by atoms with Crippen molar-refractivity contribution in [2.24, 2.45) is 0 Å². The highest BCUT2D eigenvalue weighted by Crippen LogP contribution is 2.22. The van der Waals surface area contributed by atoms with Crippen LogP contribution in [0.2, 0.25) is 0 Å². The van der Waals surface area contributed by atoms with Crippen LogP contribution in [0.4, 0.5) is 11.4 Å². The number of carbonyl (C=O) groups is 6. The summed E-state index contributed by atoms with van der Waals surface area (Å²) in [4.78, 5) is 77.3. The van der Waals surface area contributed by atoms with Crippen molar-refractivity contribution in [3.8, 4) is 11.5 Å². The summed E-state index contributed by atoms with van der Waals surface area (Å²) < 4.78 is 43.4. The van der Waals surface area contributed by atoms with Crippen LogP contribution in [0.15, 0.2) is 48.5 Å². The molecule has 2 rings (SSSR count). The Kier molecular flexibility index (Phi) is 31.4. The summed E-state index contributed by atoms with van der Waals surface area (Å²) in [5.41, 5.74) is 1.33. The van der Waals surface area contributed by atoms with E-state index in [1.165, 1.54) is 0 Å². The van der Waals surface area contributed by atoms with E-state index in [0.29, 0.717) is 75.4 Å². The molecule has 0 N–H and O–H groups in total. The zero-order valence-electron chi connectivity index (χ0n) is 40.0. The van der Waals surface area contributed by atoms with E-state index in [9.17, 15) is 28.8 Å². The monoisotopic (exact) mass is 929 g/mol. The SMILES string of the molecule is CCCCOC(=O)CN(CC(=O)OCCCC)c1ccc(OCCCCCC(=O)OCCOC(=O)CCCCCOc2ccc(N(CC(=O)OCCCC)CC(=O)OCCCC)cc2)cc1. The molecule has 0 heterocycles. The Morgan fingerprint density at radius 3 is 0.909 bits per heavy atom. The third-order valence-electron chi connectivity index (χ3n) is 9.92. The third kappa shape index (κ3) is 27.7. The molecule has 0 aliphatic rings. The average Bonchev–Trinajstić information content (AvgIpc) is 3.30. The maximum Gasteiger partial charge on any atom is 0.325 e. The van der Waals surface area contributed by atoms with Crippen LogP contribution in [-0.2, 0) is 57.2 Å². The minimum Gasteiger partial charge on any atom is -0.494 e. The fourth-order valence-corrected chi connectivity index (χ4v) is 6.04. The zero-order chi connectivity index (χ0) is 48.0. The van der Waals surface area contributed by atoms with Crippen molar-refractivity contribution >= 4 is 47.2 Å². The van der Waals surface area contributed by atoms with Crippen LogP contribution >= 0.6 is 0 Å². The van der Waals surface area contributed by atoms with Crippen molar-refractivity contribution in [1.82, 2.24) is 0 Å². The highest BCUT2D eigenvalue weighted by molar-refractivity contribution is 5.82. The first-order chi connectivity index (χ1) is 32.1. The molecule has 0 amide bonds. The van der Waals surface area contributed by atoms with Crippen molar-refractivity contribution in [3.05, 3.63) is 48.5 Å². The summed E-state index contributed by atoms with van der Waals surface area (Å²) in [5.74, 6) is -1.07. The van der Waals surface area contributed by atoms with Crippen LogP contribution in [0.3, 0.4) is 0 Å². The first-order valence-corrected chi connectivity index (χ1v) is 24.0. The number of hydrogen-bond donors (Lipinski definition) is 0. The molecule has 0 aromatic heterocycles. The second-order valence-electron chi connectivity index (χ2n) is 15.8. The normalized spacial score (nSPS) is 10.7. The van der Waals surface area contributed by atoms with E-state index in [4.69, 9.17) is 37.9 Å². The van der Waals surface area contributed by atoms with Crippen molar-refractivity contribution in [2.75, 3.05) is 88.8 Å². The van der Waals surface area contributed by atoms with Crippen LogP contribution < -0.4 is 19.3 Å². The van der Waals surface area contributed by atoms with Crippen molar-refractivity contribution in [2.45, 2.75) is 130 Å². The second-order valence-corrected chi connectivity index (χ2v) is 15.8. The van der Waals surface area contributed by atoms with Gasteiger partial charge in [-0.25, -0.2) is 0 Å². The molecule has 0 atom stereocenters. The van der Waals surface area contributed by atoms with Crippen molar-refractivity contribution in [1.29, 1.82) is 0 Å². The Bertz CT molecular complexity index is 1480. The molecule has 2 aromatic rings. The lowest BCUT2D eigenvalue weighted by atomic mass is 10.2. The summed E-state index contributed by atoms with van der Waals surface area (Å²) in [5, 5.41) is 0. The average molecular weight is 929 g/mol. The lowest BCUT2D eigenvalue weighted by Gasteiger charge is -2.23. The van der Waals surface area contributed by atoms with Gasteiger partial charge in [-0.2, -0.15) is 0 Å². The minimum atomic E-state index is -0.410. The smallest absolute Gasteiger partial charge is 0.325 e. The Hall–Kier alpha value is -5.54. The van der Waals surface area contributed by atoms with Gasteiger partial charge in [0.15, 0.2) is 0 Å². The Morgan fingerprint density at radius 2 is 0.621 bits per heavy atom. The molecule has 370 valence electrons. The summed E-state index contributed by atoms with van der Waals surface area (Å²) in [7, 11) is 0. The van der Waals surface area contributed by atoms with Gasteiger partial charge in [0.25, 0.3) is 0 Å². The number of unbranched alkanes of at least 4 members (excludes halogenated alkanes) is 8. The fourth-order valence-electron chi connectivity index (χ4n) is 6.04. The van der Waals surface area contributed by atoms with E-state index in [-0.39, 0.29) is 64.2 Å². The van der Waals surface area contributed by atoms with E-state index in [2.05, 4.69) is 0 Å². The Labute approximate surface area is 392 Å². The molecular formula is C50H76N2O14. The van der Waals surface area contributed by atoms with Gasteiger partial charge in [0.1, 0.15) is 50.9 Å². The van der Waals surface area contributed by atoms with Crippen molar-refractivity contribution < 1.29 is 66.7 Å². The molecule has 0 aliphatic carbocycles. The largest absolute Gasteiger partial charge is 0.494 e. The number of benzene rings is 2. The van der Waals surface area contributed by atoms with Gasteiger partial charge in [0, 0.05) is 24.2 Å². The van der Waals surface area contributed by atoms with Gasteiger partial charge in [-0.1, -0.05) is 53.4 Å². The third-order valence-corrected chi connectivity index (χ3v) is 9.92. The summed E-state index contributed by atoms with van der Waals surface area (Å²) in [6.45, 7) is 9.99. The predicted octanol–water partition coefficient (Wildman–Crippen LogP) is 8.34. The second kappa shape index (κ2) is 36.7. The van der Waals surface area contributed by atoms with E-state index in [1.54, 1.807) is 58.3 Å². The van der Waals surface area contributed by atoms with Crippen molar-refractivity contribution in [3.63, 3.8) is 0 Å². The molecule has 0 unspecified atom stereocenters.